The van der Waals surface area contributed by atoms with Crippen LogP contribution in [0.15, 0.2) is 23.1 Å². The van der Waals surface area contributed by atoms with E-state index < -0.39 is 0 Å². The first-order valence-electron chi connectivity index (χ1n) is 6.77. The van der Waals surface area contributed by atoms with Crippen LogP contribution >= 0.6 is 0 Å². The fourth-order valence-corrected chi connectivity index (χ4v) is 2.58. The zero-order valence-corrected chi connectivity index (χ0v) is 12.1. The molecule has 1 aliphatic heterocycles. The second-order valence-electron chi connectivity index (χ2n) is 5.36. The third-order valence-electron chi connectivity index (χ3n) is 3.83. The van der Waals surface area contributed by atoms with Gasteiger partial charge in [0.05, 0.1) is 0 Å². The molecule has 5 nitrogen and oxygen atoms in total. The molecule has 0 saturated heterocycles. The normalized spacial score (nSPS) is 16.4. The maximum atomic E-state index is 12.5. The Kier molecular flexibility index (Phi) is 3.14. The van der Waals surface area contributed by atoms with E-state index in [1.807, 2.05) is 13.0 Å². The highest BCUT2D eigenvalue weighted by molar-refractivity contribution is 5.80. The van der Waals surface area contributed by atoms with Gasteiger partial charge in [0.15, 0.2) is 0 Å². The van der Waals surface area contributed by atoms with Gasteiger partial charge in [0.1, 0.15) is 11.5 Å². The van der Waals surface area contributed by atoms with E-state index in [1.54, 1.807) is 17.8 Å². The van der Waals surface area contributed by atoms with Crippen molar-refractivity contribution in [3.05, 3.63) is 40.1 Å². The molecule has 0 N–H and O–H groups in total. The van der Waals surface area contributed by atoms with E-state index in [0.717, 1.165) is 36.0 Å². The Morgan fingerprint density at radius 3 is 2.80 bits per heavy atom. The molecule has 0 bridgehead atoms. The highest BCUT2D eigenvalue weighted by Crippen LogP contribution is 2.21. The summed E-state index contributed by atoms with van der Waals surface area (Å²) in [4.78, 5) is 23.3. The van der Waals surface area contributed by atoms with Gasteiger partial charge in [0, 0.05) is 37.3 Å². The second-order valence-corrected chi connectivity index (χ2v) is 5.36. The topological polar surface area (TPSA) is 51.0 Å². The first kappa shape index (κ1) is 13.0. The van der Waals surface area contributed by atoms with Crippen molar-refractivity contribution in [2.75, 3.05) is 20.1 Å². The van der Waals surface area contributed by atoms with Crippen molar-refractivity contribution in [1.82, 2.24) is 19.4 Å². The maximum Gasteiger partial charge on any atom is 0.259 e. The van der Waals surface area contributed by atoms with Crippen molar-refractivity contribution < 1.29 is 0 Å². The molecule has 0 atom stereocenters. The van der Waals surface area contributed by atoms with Crippen LogP contribution in [0, 0.1) is 6.92 Å². The average Bonchev–Trinajstić information content (AvgIpc) is 2.44. The molecule has 0 spiro atoms. The summed E-state index contributed by atoms with van der Waals surface area (Å²) < 4.78 is 1.62. The Balaban J connectivity index is 2.20. The number of rotatable bonds is 1. The van der Waals surface area contributed by atoms with Gasteiger partial charge in [-0.3, -0.25) is 9.36 Å². The SMILES string of the molecule is Cc1ncc2cc(C3=CCN(C)CC3)c(=O)n(C)c2n1. The van der Waals surface area contributed by atoms with Gasteiger partial charge < -0.3 is 4.90 Å². The van der Waals surface area contributed by atoms with Gasteiger partial charge in [-0.15, -0.1) is 0 Å². The average molecular weight is 270 g/mol. The first-order valence-corrected chi connectivity index (χ1v) is 6.77. The van der Waals surface area contributed by atoms with E-state index in [-0.39, 0.29) is 5.56 Å². The largest absolute Gasteiger partial charge is 0.302 e. The van der Waals surface area contributed by atoms with Crippen molar-refractivity contribution >= 4 is 16.6 Å². The number of nitrogens with zero attached hydrogens (tertiary/aromatic N) is 4. The van der Waals surface area contributed by atoms with Crippen molar-refractivity contribution in [1.29, 1.82) is 0 Å². The lowest BCUT2D eigenvalue weighted by Gasteiger charge is -2.22. The highest BCUT2D eigenvalue weighted by atomic mass is 16.1. The molecule has 20 heavy (non-hydrogen) atoms. The van der Waals surface area contributed by atoms with Crippen LogP contribution in [0.5, 0.6) is 0 Å². The summed E-state index contributed by atoms with van der Waals surface area (Å²) >= 11 is 0. The molecule has 0 radical (unpaired) electrons. The number of hydrogen-bond acceptors (Lipinski definition) is 4. The van der Waals surface area contributed by atoms with Gasteiger partial charge in [-0.1, -0.05) is 6.08 Å². The molecule has 0 fully saturated rings. The second kappa shape index (κ2) is 4.83. The molecule has 0 saturated carbocycles. The van der Waals surface area contributed by atoms with Crippen LogP contribution < -0.4 is 5.56 Å². The third kappa shape index (κ3) is 2.14. The Labute approximate surface area is 117 Å². The maximum absolute atomic E-state index is 12.5. The zero-order chi connectivity index (χ0) is 14.3. The van der Waals surface area contributed by atoms with Gasteiger partial charge in [-0.05, 0) is 32.0 Å². The Morgan fingerprint density at radius 1 is 1.30 bits per heavy atom. The molecular weight excluding hydrogens is 252 g/mol. The lowest BCUT2D eigenvalue weighted by Crippen LogP contribution is -2.27. The summed E-state index contributed by atoms with van der Waals surface area (Å²) in [5.74, 6) is 0.679. The summed E-state index contributed by atoms with van der Waals surface area (Å²) in [5, 5.41) is 0.910. The van der Waals surface area contributed by atoms with Gasteiger partial charge in [-0.2, -0.15) is 0 Å². The summed E-state index contributed by atoms with van der Waals surface area (Å²) in [6.07, 6.45) is 4.83. The van der Waals surface area contributed by atoms with Crippen molar-refractivity contribution in [3.63, 3.8) is 0 Å². The van der Waals surface area contributed by atoms with E-state index in [2.05, 4.69) is 28.0 Å². The lowest BCUT2D eigenvalue weighted by molar-refractivity contribution is 0.370. The summed E-state index contributed by atoms with van der Waals surface area (Å²) in [5.41, 5.74) is 2.62. The van der Waals surface area contributed by atoms with Crippen LogP contribution in [-0.4, -0.2) is 39.6 Å². The minimum Gasteiger partial charge on any atom is -0.302 e. The lowest BCUT2D eigenvalue weighted by atomic mass is 10.00. The zero-order valence-electron chi connectivity index (χ0n) is 12.1. The monoisotopic (exact) mass is 270 g/mol. The van der Waals surface area contributed by atoms with E-state index >= 15 is 0 Å². The molecule has 3 rings (SSSR count). The van der Waals surface area contributed by atoms with E-state index in [0.29, 0.717) is 11.5 Å². The van der Waals surface area contributed by atoms with E-state index in [4.69, 9.17) is 0 Å². The Bertz CT molecular complexity index is 760. The van der Waals surface area contributed by atoms with Gasteiger partial charge in [-0.25, -0.2) is 9.97 Å². The van der Waals surface area contributed by atoms with E-state index in [9.17, 15) is 4.79 Å². The number of fused-ring (bicyclic) bond motifs is 1. The minimum absolute atomic E-state index is 0.0198. The number of aryl methyl sites for hydroxylation is 2. The highest BCUT2D eigenvalue weighted by Gasteiger charge is 2.15. The number of pyridine rings is 1. The van der Waals surface area contributed by atoms with Crippen LogP contribution in [0.25, 0.3) is 16.6 Å². The molecule has 5 heteroatoms. The predicted octanol–water partition coefficient (Wildman–Crippen LogP) is 1.36. The standard InChI is InChI=1S/C15H18N4O/c1-10-16-9-12-8-13(11-4-6-18(2)7-5-11)15(20)19(3)14(12)17-10/h4,8-9H,5-7H2,1-3H3. The molecular formula is C15H18N4O. The molecule has 3 heterocycles. The summed E-state index contributed by atoms with van der Waals surface area (Å²) in [7, 11) is 3.86. The predicted molar refractivity (Wildman–Crippen MR) is 79.6 cm³/mol. The summed E-state index contributed by atoms with van der Waals surface area (Å²) in [6, 6.07) is 1.92. The first-order chi connectivity index (χ1) is 9.56. The van der Waals surface area contributed by atoms with Crippen molar-refractivity contribution in [3.8, 4) is 0 Å². The fourth-order valence-electron chi connectivity index (χ4n) is 2.58. The van der Waals surface area contributed by atoms with Crippen LogP contribution in [-0.2, 0) is 7.05 Å². The van der Waals surface area contributed by atoms with Gasteiger partial charge in [0.25, 0.3) is 5.56 Å². The number of hydrogen-bond donors (Lipinski definition) is 0. The van der Waals surface area contributed by atoms with Crippen molar-refractivity contribution in [2.45, 2.75) is 13.3 Å². The Hall–Kier alpha value is -2.01. The number of aromatic nitrogens is 3. The van der Waals surface area contributed by atoms with Crippen LogP contribution in [0.3, 0.4) is 0 Å². The van der Waals surface area contributed by atoms with Crippen LogP contribution in [0.2, 0.25) is 0 Å². The fraction of sp³-hybridized carbons (Fsp3) is 0.400. The molecule has 104 valence electrons. The van der Waals surface area contributed by atoms with Crippen LogP contribution in [0.4, 0.5) is 0 Å². The van der Waals surface area contributed by atoms with Gasteiger partial charge in [0.2, 0.25) is 0 Å². The van der Waals surface area contributed by atoms with Gasteiger partial charge >= 0.3 is 0 Å². The quantitative estimate of drug-likeness (QED) is 0.785. The molecule has 1 aliphatic rings. The third-order valence-corrected chi connectivity index (χ3v) is 3.83. The minimum atomic E-state index is 0.0198. The van der Waals surface area contributed by atoms with Crippen molar-refractivity contribution in [2.24, 2.45) is 7.05 Å². The summed E-state index contributed by atoms with van der Waals surface area (Å²) in [6.45, 7) is 3.70. The van der Waals surface area contributed by atoms with E-state index in [1.165, 1.54) is 0 Å². The molecule has 0 amide bonds. The molecule has 0 aliphatic carbocycles. The number of likely N-dealkylation sites (N-methyl/N-ethyl adjacent to an activating group) is 1. The van der Waals surface area contributed by atoms with Crippen LogP contribution in [0.1, 0.15) is 17.8 Å². The molecule has 2 aromatic heterocycles. The Morgan fingerprint density at radius 2 is 2.10 bits per heavy atom. The smallest absolute Gasteiger partial charge is 0.259 e. The molecule has 0 unspecified atom stereocenters. The molecule has 2 aromatic rings. The molecule has 0 aromatic carbocycles.